The molecule has 1 aliphatic carbocycles. The zero-order valence-electron chi connectivity index (χ0n) is 17.1. The fourth-order valence-corrected chi connectivity index (χ4v) is 4.62. The molecule has 32 heavy (non-hydrogen) atoms. The molecular formula is C22H21F2N3O5. The molecule has 168 valence electrons. The molecule has 10 heteroatoms. The van der Waals surface area contributed by atoms with Gasteiger partial charge in [-0.25, -0.2) is 8.78 Å². The van der Waals surface area contributed by atoms with Crippen LogP contribution in [0.2, 0.25) is 0 Å². The molecule has 2 amide bonds. The number of pyridine rings is 1. The number of ether oxygens (including phenoxy) is 1. The Morgan fingerprint density at radius 2 is 2.06 bits per heavy atom. The molecule has 1 unspecified atom stereocenters. The van der Waals surface area contributed by atoms with Gasteiger partial charge in [-0.2, -0.15) is 0 Å². The van der Waals surface area contributed by atoms with Gasteiger partial charge in [0, 0.05) is 36.3 Å². The standard InChI is InChI=1S/C22H21F2N3O5/c23-13-3-2-12(15(24)6-13)7-25-20(30)14-8-26-9-16-27(10-22(11-32-16)4-1-5-22)21(31)17(26)19(29)18(14)28/h2-3,6,8,16,29H,1,4-5,7,9-11H2,(H,25,30). The first-order chi connectivity index (χ1) is 15.3. The van der Waals surface area contributed by atoms with E-state index in [2.05, 4.69) is 5.32 Å². The van der Waals surface area contributed by atoms with Crippen molar-refractivity contribution in [1.29, 1.82) is 0 Å². The molecule has 2 aliphatic heterocycles. The van der Waals surface area contributed by atoms with Crippen LogP contribution in [0.5, 0.6) is 5.75 Å². The maximum atomic E-state index is 13.8. The second kappa shape index (κ2) is 7.40. The Kier molecular flexibility index (Phi) is 4.77. The van der Waals surface area contributed by atoms with Crippen molar-refractivity contribution in [2.45, 2.75) is 38.6 Å². The van der Waals surface area contributed by atoms with E-state index in [9.17, 15) is 28.3 Å². The molecule has 2 fully saturated rings. The van der Waals surface area contributed by atoms with Crippen LogP contribution in [0, 0.1) is 17.0 Å². The van der Waals surface area contributed by atoms with Crippen LogP contribution in [0.4, 0.5) is 8.78 Å². The van der Waals surface area contributed by atoms with Gasteiger partial charge in [-0.1, -0.05) is 12.5 Å². The number of rotatable bonds is 3. The van der Waals surface area contributed by atoms with Gasteiger partial charge in [0.05, 0.1) is 13.2 Å². The largest absolute Gasteiger partial charge is 0.503 e. The quantitative estimate of drug-likeness (QED) is 0.750. The van der Waals surface area contributed by atoms with Crippen molar-refractivity contribution in [3.8, 4) is 5.75 Å². The fourth-order valence-electron chi connectivity index (χ4n) is 4.62. The number of halogens is 2. The molecule has 1 aromatic carbocycles. The van der Waals surface area contributed by atoms with Crippen LogP contribution in [-0.4, -0.2) is 45.8 Å². The molecule has 0 radical (unpaired) electrons. The van der Waals surface area contributed by atoms with Crippen LogP contribution in [0.1, 0.15) is 45.7 Å². The van der Waals surface area contributed by atoms with E-state index in [1.807, 2.05) is 0 Å². The normalized spacial score (nSPS) is 21.0. The van der Waals surface area contributed by atoms with Crippen LogP contribution in [-0.2, 0) is 17.8 Å². The molecule has 1 saturated carbocycles. The van der Waals surface area contributed by atoms with Crippen LogP contribution in [0.15, 0.2) is 29.2 Å². The number of amides is 2. The third-order valence-electron chi connectivity index (χ3n) is 6.62. The molecule has 8 nitrogen and oxygen atoms in total. The van der Waals surface area contributed by atoms with Crippen LogP contribution < -0.4 is 10.7 Å². The topological polar surface area (TPSA) is 101 Å². The Labute approximate surface area is 181 Å². The summed E-state index contributed by atoms with van der Waals surface area (Å²) < 4.78 is 34.1. The number of benzene rings is 1. The number of aromatic hydroxyl groups is 1. The first-order valence-corrected chi connectivity index (χ1v) is 10.4. The highest BCUT2D eigenvalue weighted by Gasteiger charge is 2.48. The highest BCUT2D eigenvalue weighted by molar-refractivity contribution is 5.99. The molecule has 5 rings (SSSR count). The molecule has 0 bridgehead atoms. The summed E-state index contributed by atoms with van der Waals surface area (Å²) in [5.74, 6) is -3.75. The number of fused-ring (bicyclic) bond motifs is 2. The number of hydrogen-bond acceptors (Lipinski definition) is 5. The van der Waals surface area contributed by atoms with E-state index in [0.29, 0.717) is 19.2 Å². The lowest BCUT2D eigenvalue weighted by molar-refractivity contribution is -0.167. The Morgan fingerprint density at radius 1 is 1.28 bits per heavy atom. The molecule has 3 aliphatic rings. The van der Waals surface area contributed by atoms with Gasteiger partial charge in [-0.15, -0.1) is 0 Å². The average Bonchev–Trinajstić information content (AvgIpc) is 2.74. The SMILES string of the molecule is O=C(NCc1ccc(F)cc1F)c1cn2c(c(O)c1=O)C(=O)N1CC3(CCC3)COC1C2. The summed E-state index contributed by atoms with van der Waals surface area (Å²) in [4.78, 5) is 39.9. The van der Waals surface area contributed by atoms with Gasteiger partial charge in [0.25, 0.3) is 11.8 Å². The summed E-state index contributed by atoms with van der Waals surface area (Å²) in [6.07, 6.45) is 3.68. The van der Waals surface area contributed by atoms with E-state index in [-0.39, 0.29) is 35.3 Å². The second-order valence-corrected chi connectivity index (χ2v) is 8.69. The minimum atomic E-state index is -0.989. The van der Waals surface area contributed by atoms with Crippen molar-refractivity contribution in [2.24, 2.45) is 5.41 Å². The molecule has 1 saturated heterocycles. The number of carbonyl (C=O) groups is 2. The molecule has 1 spiro atoms. The van der Waals surface area contributed by atoms with E-state index in [0.717, 1.165) is 25.3 Å². The van der Waals surface area contributed by atoms with E-state index in [1.54, 1.807) is 4.90 Å². The predicted octanol–water partition coefficient (Wildman–Crippen LogP) is 1.74. The van der Waals surface area contributed by atoms with Gasteiger partial charge in [0.15, 0.2) is 17.7 Å². The Hall–Kier alpha value is -3.27. The van der Waals surface area contributed by atoms with Gasteiger partial charge in [-0.05, 0) is 18.9 Å². The monoisotopic (exact) mass is 445 g/mol. The van der Waals surface area contributed by atoms with Gasteiger partial charge < -0.3 is 24.6 Å². The lowest BCUT2D eigenvalue weighted by Crippen LogP contribution is -2.61. The summed E-state index contributed by atoms with van der Waals surface area (Å²) in [5.41, 5.74) is -1.57. The maximum absolute atomic E-state index is 13.8. The van der Waals surface area contributed by atoms with Crippen LogP contribution >= 0.6 is 0 Å². The van der Waals surface area contributed by atoms with E-state index >= 15 is 0 Å². The Morgan fingerprint density at radius 3 is 2.75 bits per heavy atom. The van der Waals surface area contributed by atoms with Crippen molar-refractivity contribution in [1.82, 2.24) is 14.8 Å². The predicted molar refractivity (Wildman–Crippen MR) is 107 cm³/mol. The Balaban J connectivity index is 1.40. The van der Waals surface area contributed by atoms with Crippen molar-refractivity contribution >= 4 is 11.8 Å². The highest BCUT2D eigenvalue weighted by Crippen LogP contribution is 2.45. The molecule has 3 heterocycles. The number of nitrogens with one attached hydrogen (secondary N) is 1. The van der Waals surface area contributed by atoms with Crippen molar-refractivity contribution in [2.75, 3.05) is 13.2 Å². The van der Waals surface area contributed by atoms with Crippen LogP contribution in [0.3, 0.4) is 0 Å². The molecule has 2 N–H and O–H groups in total. The van der Waals surface area contributed by atoms with Gasteiger partial charge in [-0.3, -0.25) is 14.4 Å². The second-order valence-electron chi connectivity index (χ2n) is 8.69. The number of carbonyl (C=O) groups excluding carboxylic acids is 2. The van der Waals surface area contributed by atoms with E-state index in [1.165, 1.54) is 16.8 Å². The average molecular weight is 445 g/mol. The summed E-state index contributed by atoms with van der Waals surface area (Å²) in [5, 5.41) is 12.9. The molecule has 2 aromatic rings. The molecule has 1 atom stereocenters. The summed E-state index contributed by atoms with van der Waals surface area (Å²) in [7, 11) is 0. The first-order valence-electron chi connectivity index (χ1n) is 10.4. The maximum Gasteiger partial charge on any atom is 0.276 e. The number of hydrogen-bond donors (Lipinski definition) is 2. The zero-order valence-corrected chi connectivity index (χ0v) is 17.1. The third kappa shape index (κ3) is 3.26. The smallest absolute Gasteiger partial charge is 0.276 e. The number of aromatic nitrogens is 1. The van der Waals surface area contributed by atoms with Gasteiger partial charge >= 0.3 is 0 Å². The molecular weight excluding hydrogens is 424 g/mol. The minimum Gasteiger partial charge on any atom is -0.503 e. The first kappa shape index (κ1) is 20.6. The lowest BCUT2D eigenvalue weighted by atomic mass is 9.68. The van der Waals surface area contributed by atoms with E-state index < -0.39 is 40.9 Å². The number of nitrogens with zero attached hydrogens (tertiary/aromatic N) is 2. The van der Waals surface area contributed by atoms with Crippen molar-refractivity contribution < 1.29 is 28.2 Å². The Bertz CT molecular complexity index is 1190. The van der Waals surface area contributed by atoms with Crippen molar-refractivity contribution in [3.05, 3.63) is 63.1 Å². The van der Waals surface area contributed by atoms with Gasteiger partial charge in [0.2, 0.25) is 5.43 Å². The van der Waals surface area contributed by atoms with E-state index in [4.69, 9.17) is 4.74 Å². The molecule has 1 aromatic heterocycles. The van der Waals surface area contributed by atoms with Gasteiger partial charge in [0.1, 0.15) is 17.2 Å². The lowest BCUT2D eigenvalue weighted by Gasteiger charge is -2.52. The summed E-state index contributed by atoms with van der Waals surface area (Å²) in [6.45, 7) is 0.931. The fraction of sp³-hybridized carbons (Fsp3) is 0.409. The zero-order chi connectivity index (χ0) is 22.6. The highest BCUT2D eigenvalue weighted by atomic mass is 19.1. The third-order valence-corrected chi connectivity index (χ3v) is 6.62. The summed E-state index contributed by atoms with van der Waals surface area (Å²) in [6, 6.07) is 2.93. The summed E-state index contributed by atoms with van der Waals surface area (Å²) >= 11 is 0. The minimum absolute atomic E-state index is 0.0355. The van der Waals surface area contributed by atoms with Crippen molar-refractivity contribution in [3.63, 3.8) is 0 Å². The van der Waals surface area contributed by atoms with Crippen LogP contribution in [0.25, 0.3) is 0 Å².